The topological polar surface area (TPSA) is 29.5 Å². The van der Waals surface area contributed by atoms with Gasteiger partial charge < -0.3 is 9.84 Å². The van der Waals surface area contributed by atoms with Gasteiger partial charge in [-0.15, -0.1) is 0 Å². The molecule has 212 valence electrons. The van der Waals surface area contributed by atoms with E-state index in [0.29, 0.717) is 0 Å². The van der Waals surface area contributed by atoms with Crippen molar-refractivity contribution in [3.63, 3.8) is 0 Å². The van der Waals surface area contributed by atoms with Crippen LogP contribution in [0.15, 0.2) is 158 Å². The first kappa shape index (κ1) is 28.9. The first-order valence-corrected chi connectivity index (χ1v) is 17.2. The van der Waals surface area contributed by atoms with Crippen LogP contribution in [0, 0.1) is 0 Å². The standard InChI is InChI=1S/C39H34O2P2/c1-29(2)41-35-26-16-28-37(43(32-21-11-5-12-22-32)33-23-13-6-14-24-33)39(35)38-34(40)25-15-27-36(38)42(30-17-7-3-8-18-30)31-19-9-4-10-20-31/h3-29,40H,1-2H3. The van der Waals surface area contributed by atoms with E-state index in [2.05, 4.69) is 153 Å². The molecule has 0 aromatic heterocycles. The van der Waals surface area contributed by atoms with Crippen LogP contribution < -0.4 is 36.6 Å². The predicted octanol–water partition coefficient (Wildman–Crippen LogP) is 7.36. The highest BCUT2D eigenvalue weighted by molar-refractivity contribution is 7.80. The van der Waals surface area contributed by atoms with Crippen molar-refractivity contribution < 1.29 is 9.84 Å². The van der Waals surface area contributed by atoms with E-state index in [1.54, 1.807) is 0 Å². The number of aromatic hydroxyl groups is 1. The number of phenolic OH excluding ortho intramolecular Hbond substituents is 1. The summed E-state index contributed by atoms with van der Waals surface area (Å²) < 4.78 is 6.57. The van der Waals surface area contributed by atoms with Gasteiger partial charge in [-0.1, -0.05) is 146 Å². The molecule has 0 amide bonds. The summed E-state index contributed by atoms with van der Waals surface area (Å²) in [5.41, 5.74) is 1.80. The van der Waals surface area contributed by atoms with Crippen molar-refractivity contribution in [2.45, 2.75) is 20.0 Å². The van der Waals surface area contributed by atoms with E-state index < -0.39 is 15.8 Å². The molecule has 6 aromatic rings. The second-order valence-electron chi connectivity index (χ2n) is 10.5. The van der Waals surface area contributed by atoms with Gasteiger partial charge in [0.15, 0.2) is 0 Å². The maximum absolute atomic E-state index is 11.9. The van der Waals surface area contributed by atoms with Crippen LogP contribution in [-0.4, -0.2) is 11.2 Å². The summed E-state index contributed by atoms with van der Waals surface area (Å²) in [5.74, 6) is 1.04. The highest BCUT2D eigenvalue weighted by atomic mass is 31.1. The number of hydrogen-bond donors (Lipinski definition) is 1. The number of benzene rings is 6. The molecule has 0 spiro atoms. The maximum Gasteiger partial charge on any atom is 0.128 e. The van der Waals surface area contributed by atoms with Gasteiger partial charge in [0, 0.05) is 11.1 Å². The summed E-state index contributed by atoms with van der Waals surface area (Å²) in [4.78, 5) is 0. The van der Waals surface area contributed by atoms with Crippen LogP contribution in [0.2, 0.25) is 0 Å². The lowest BCUT2D eigenvalue weighted by molar-refractivity contribution is 0.243. The summed E-state index contributed by atoms with van der Waals surface area (Å²) in [7, 11) is -1.96. The molecule has 0 aliphatic heterocycles. The Kier molecular flexibility index (Phi) is 8.99. The summed E-state index contributed by atoms with van der Waals surface area (Å²) in [6, 6.07) is 55.0. The van der Waals surface area contributed by atoms with Gasteiger partial charge in [0.2, 0.25) is 0 Å². The van der Waals surface area contributed by atoms with Gasteiger partial charge in [-0.2, -0.15) is 0 Å². The Bertz CT molecular complexity index is 1690. The lowest BCUT2D eigenvalue weighted by Gasteiger charge is -2.28. The summed E-state index contributed by atoms with van der Waals surface area (Å²) in [6.45, 7) is 4.11. The number of hydrogen-bond acceptors (Lipinski definition) is 2. The molecule has 0 unspecified atom stereocenters. The fraction of sp³-hybridized carbons (Fsp3) is 0.0769. The Labute approximate surface area is 257 Å². The summed E-state index contributed by atoms with van der Waals surface area (Å²) >= 11 is 0. The van der Waals surface area contributed by atoms with Crippen molar-refractivity contribution >= 4 is 47.7 Å². The van der Waals surface area contributed by atoms with Crippen LogP contribution in [0.1, 0.15) is 13.8 Å². The van der Waals surface area contributed by atoms with E-state index >= 15 is 0 Å². The molecule has 2 nitrogen and oxygen atoms in total. The average molecular weight is 597 g/mol. The Morgan fingerprint density at radius 1 is 0.442 bits per heavy atom. The van der Waals surface area contributed by atoms with Crippen LogP contribution in [0.25, 0.3) is 11.1 Å². The van der Waals surface area contributed by atoms with Crippen molar-refractivity contribution in [2.24, 2.45) is 0 Å². The molecule has 0 bridgehead atoms. The van der Waals surface area contributed by atoms with Gasteiger partial charge in [-0.3, -0.25) is 0 Å². The molecule has 6 rings (SSSR count). The lowest BCUT2D eigenvalue weighted by atomic mass is 10.0. The minimum atomic E-state index is -0.988. The van der Waals surface area contributed by atoms with Gasteiger partial charge in [-0.05, 0) is 73.7 Å². The van der Waals surface area contributed by atoms with Crippen LogP contribution in [-0.2, 0) is 0 Å². The average Bonchev–Trinajstić information content (AvgIpc) is 3.04. The molecule has 1 N–H and O–H groups in total. The molecule has 0 aliphatic carbocycles. The Hall–Kier alpha value is -4.22. The van der Waals surface area contributed by atoms with Crippen molar-refractivity contribution in [1.29, 1.82) is 0 Å². The number of phenols is 1. The normalized spacial score (nSPS) is 11.3. The zero-order valence-corrected chi connectivity index (χ0v) is 26.1. The number of rotatable bonds is 9. The quantitative estimate of drug-likeness (QED) is 0.177. The van der Waals surface area contributed by atoms with E-state index in [4.69, 9.17) is 4.74 Å². The van der Waals surface area contributed by atoms with E-state index in [9.17, 15) is 5.11 Å². The third-order valence-corrected chi connectivity index (χ3v) is 12.1. The fourth-order valence-electron chi connectivity index (χ4n) is 5.44. The van der Waals surface area contributed by atoms with E-state index in [0.717, 1.165) is 27.5 Å². The van der Waals surface area contributed by atoms with E-state index in [1.807, 2.05) is 18.2 Å². The highest BCUT2D eigenvalue weighted by Gasteiger charge is 2.29. The smallest absolute Gasteiger partial charge is 0.128 e. The first-order valence-electron chi connectivity index (χ1n) is 14.5. The molecule has 0 heterocycles. The van der Waals surface area contributed by atoms with Crippen molar-refractivity contribution in [1.82, 2.24) is 0 Å². The van der Waals surface area contributed by atoms with Crippen LogP contribution in [0.3, 0.4) is 0 Å². The first-order chi connectivity index (χ1) is 21.1. The molecule has 0 atom stereocenters. The fourth-order valence-corrected chi connectivity index (χ4v) is 10.4. The minimum absolute atomic E-state index is 0.0345. The van der Waals surface area contributed by atoms with Crippen LogP contribution in [0.5, 0.6) is 11.5 Å². The molecule has 0 aliphatic rings. The SMILES string of the molecule is CC(C)Oc1cccc(P(c2ccccc2)c2ccccc2)c1-c1c(O)cccc1P(c1ccccc1)c1ccccc1. The zero-order valence-electron chi connectivity index (χ0n) is 24.3. The lowest BCUT2D eigenvalue weighted by Crippen LogP contribution is -2.26. The molecule has 0 fully saturated rings. The predicted molar refractivity (Wildman–Crippen MR) is 187 cm³/mol. The third kappa shape index (κ3) is 6.28. The van der Waals surface area contributed by atoms with Gasteiger partial charge in [0.05, 0.1) is 6.10 Å². The Balaban J connectivity index is 1.69. The Morgan fingerprint density at radius 3 is 1.21 bits per heavy atom. The maximum atomic E-state index is 11.9. The van der Waals surface area contributed by atoms with Crippen molar-refractivity contribution in [3.8, 4) is 22.6 Å². The largest absolute Gasteiger partial charge is 0.507 e. The van der Waals surface area contributed by atoms with E-state index in [1.165, 1.54) is 21.2 Å². The molecular formula is C39H34O2P2. The molecule has 0 radical (unpaired) electrons. The summed E-state index contributed by atoms with van der Waals surface area (Å²) in [6.07, 6.45) is -0.0345. The molecule has 4 heteroatoms. The third-order valence-electron chi connectivity index (χ3n) is 7.18. The van der Waals surface area contributed by atoms with Gasteiger partial charge >= 0.3 is 0 Å². The van der Waals surface area contributed by atoms with Gasteiger partial charge in [0.1, 0.15) is 11.5 Å². The van der Waals surface area contributed by atoms with Crippen molar-refractivity contribution in [3.05, 3.63) is 158 Å². The number of ether oxygens (including phenoxy) is 1. The molecule has 6 aromatic carbocycles. The van der Waals surface area contributed by atoms with Gasteiger partial charge in [-0.25, -0.2) is 0 Å². The van der Waals surface area contributed by atoms with Crippen LogP contribution >= 0.6 is 15.8 Å². The Morgan fingerprint density at radius 2 is 0.814 bits per heavy atom. The van der Waals surface area contributed by atoms with Crippen LogP contribution in [0.4, 0.5) is 0 Å². The minimum Gasteiger partial charge on any atom is -0.507 e. The molecular weight excluding hydrogens is 562 g/mol. The monoisotopic (exact) mass is 596 g/mol. The van der Waals surface area contributed by atoms with E-state index in [-0.39, 0.29) is 11.9 Å². The summed E-state index contributed by atoms with van der Waals surface area (Å²) in [5, 5.41) is 19.1. The molecule has 0 saturated heterocycles. The zero-order chi connectivity index (χ0) is 29.6. The highest BCUT2D eigenvalue weighted by Crippen LogP contribution is 2.46. The second-order valence-corrected chi connectivity index (χ2v) is 14.9. The van der Waals surface area contributed by atoms with Gasteiger partial charge in [0.25, 0.3) is 0 Å². The molecule has 0 saturated carbocycles. The second kappa shape index (κ2) is 13.4. The molecule has 43 heavy (non-hydrogen) atoms. The van der Waals surface area contributed by atoms with Crippen molar-refractivity contribution in [2.75, 3.05) is 0 Å².